The molecule has 0 fully saturated rings. The number of benzene rings is 3. The van der Waals surface area contributed by atoms with Crippen molar-refractivity contribution >= 4 is 28.2 Å². The first-order valence-electron chi connectivity index (χ1n) is 12.0. The van der Waals surface area contributed by atoms with Gasteiger partial charge in [0.1, 0.15) is 5.75 Å². The Morgan fingerprint density at radius 1 is 0.912 bits per heavy atom. The van der Waals surface area contributed by atoms with E-state index in [2.05, 4.69) is 81.6 Å². The van der Waals surface area contributed by atoms with Gasteiger partial charge < -0.3 is 10.1 Å². The lowest BCUT2D eigenvalue weighted by molar-refractivity contribution is 0.415. The number of aliphatic imine (C=N–C) groups is 1. The minimum atomic E-state index is 0.185. The molecule has 34 heavy (non-hydrogen) atoms. The molecule has 1 atom stereocenters. The minimum Gasteiger partial charge on any atom is -0.497 e. The summed E-state index contributed by atoms with van der Waals surface area (Å²) in [7, 11) is 1.69. The van der Waals surface area contributed by atoms with Gasteiger partial charge in [0.25, 0.3) is 0 Å². The van der Waals surface area contributed by atoms with Gasteiger partial charge in [0.15, 0.2) is 0 Å². The molecular formula is C30H34N2OS. The van der Waals surface area contributed by atoms with E-state index in [0.717, 1.165) is 33.5 Å². The Kier molecular flexibility index (Phi) is 7.79. The minimum absolute atomic E-state index is 0.185. The molecule has 4 heteroatoms. The van der Waals surface area contributed by atoms with Gasteiger partial charge in [-0.2, -0.15) is 0 Å². The molecular weight excluding hydrogens is 436 g/mol. The smallest absolute Gasteiger partial charge is 0.119 e. The largest absolute Gasteiger partial charge is 0.497 e. The molecule has 0 amide bonds. The number of hydrogen-bond donors (Lipinski definition) is 1. The van der Waals surface area contributed by atoms with E-state index in [1.165, 1.54) is 16.7 Å². The molecule has 176 valence electrons. The first kappa shape index (κ1) is 24.2. The Morgan fingerprint density at radius 2 is 1.56 bits per heavy atom. The maximum absolute atomic E-state index is 5.31. The maximum atomic E-state index is 5.31. The second kappa shape index (κ2) is 11.0. The van der Waals surface area contributed by atoms with E-state index in [4.69, 9.17) is 9.73 Å². The van der Waals surface area contributed by atoms with Gasteiger partial charge in [-0.3, -0.25) is 4.99 Å². The summed E-state index contributed by atoms with van der Waals surface area (Å²) in [5, 5.41) is 4.67. The predicted molar refractivity (Wildman–Crippen MR) is 148 cm³/mol. The first-order chi connectivity index (χ1) is 16.5. The summed E-state index contributed by atoms with van der Waals surface area (Å²) >= 11 is 1.84. The molecule has 3 aromatic carbocycles. The van der Waals surface area contributed by atoms with Crippen LogP contribution in [0.4, 0.5) is 5.69 Å². The number of thioether (sulfide) groups is 1. The van der Waals surface area contributed by atoms with Gasteiger partial charge >= 0.3 is 0 Å². The lowest BCUT2D eigenvalue weighted by atomic mass is 9.85. The molecule has 1 unspecified atom stereocenters. The van der Waals surface area contributed by atoms with Crippen LogP contribution in [0.15, 0.2) is 83.9 Å². The summed E-state index contributed by atoms with van der Waals surface area (Å²) in [6, 6.07) is 25.4. The third-order valence-corrected chi connectivity index (χ3v) is 7.15. The van der Waals surface area contributed by atoms with Gasteiger partial charge in [0.05, 0.1) is 18.2 Å². The zero-order valence-corrected chi connectivity index (χ0v) is 21.5. The highest BCUT2D eigenvalue weighted by Gasteiger charge is 2.26. The Morgan fingerprint density at radius 3 is 2.15 bits per heavy atom. The molecule has 1 N–H and O–H groups in total. The fourth-order valence-electron chi connectivity index (χ4n) is 4.38. The molecule has 1 aliphatic heterocycles. The van der Waals surface area contributed by atoms with Crippen molar-refractivity contribution in [2.24, 2.45) is 4.99 Å². The Bertz CT molecular complexity index is 1140. The van der Waals surface area contributed by atoms with E-state index in [9.17, 15) is 0 Å². The normalized spacial score (nSPS) is 16.1. The van der Waals surface area contributed by atoms with Crippen LogP contribution in [0.25, 0.3) is 5.70 Å². The molecule has 1 aliphatic rings. The molecule has 0 saturated carbocycles. The van der Waals surface area contributed by atoms with Gasteiger partial charge in [-0.15, -0.1) is 11.8 Å². The van der Waals surface area contributed by atoms with E-state index >= 15 is 0 Å². The number of ether oxygens (including phenoxy) is 1. The summed E-state index contributed by atoms with van der Waals surface area (Å²) in [6.07, 6.45) is 2.19. The number of anilines is 1. The average molecular weight is 471 g/mol. The second-order valence-corrected chi connectivity index (χ2v) is 10.3. The standard InChI is InChI=1S/C30H34N2OS/c1-20(2)25-12-9-13-26(21(3)4)30(25)28-19-34-29(32-28)18-27(22-10-7-6-8-11-22)31-23-14-16-24(33-5)17-15-23/h6-18,20-21,28,31H,19H2,1-5H3. The molecule has 3 nitrogen and oxygen atoms in total. The maximum Gasteiger partial charge on any atom is 0.119 e. The van der Waals surface area contributed by atoms with Crippen molar-refractivity contribution in [2.75, 3.05) is 18.2 Å². The summed E-state index contributed by atoms with van der Waals surface area (Å²) in [5.74, 6) is 2.77. The number of nitrogens with one attached hydrogen (secondary N) is 1. The summed E-state index contributed by atoms with van der Waals surface area (Å²) in [5.41, 5.74) is 7.46. The highest BCUT2D eigenvalue weighted by atomic mass is 32.2. The van der Waals surface area contributed by atoms with Crippen molar-refractivity contribution in [1.29, 1.82) is 0 Å². The molecule has 3 aromatic rings. The molecule has 4 rings (SSSR count). The Labute approximate surface area is 208 Å². The van der Waals surface area contributed by atoms with Crippen LogP contribution in [0, 0.1) is 0 Å². The van der Waals surface area contributed by atoms with Crippen LogP contribution in [0.1, 0.15) is 67.8 Å². The van der Waals surface area contributed by atoms with Crippen LogP contribution >= 0.6 is 11.8 Å². The van der Waals surface area contributed by atoms with Gasteiger partial charge in [-0.25, -0.2) is 0 Å². The van der Waals surface area contributed by atoms with Crippen LogP contribution in [-0.4, -0.2) is 17.9 Å². The summed E-state index contributed by atoms with van der Waals surface area (Å²) in [4.78, 5) is 5.22. The van der Waals surface area contributed by atoms with E-state index in [0.29, 0.717) is 11.8 Å². The van der Waals surface area contributed by atoms with Crippen molar-refractivity contribution in [3.05, 3.63) is 101 Å². The highest BCUT2D eigenvalue weighted by molar-refractivity contribution is 8.14. The summed E-state index contributed by atoms with van der Waals surface area (Å²) < 4.78 is 5.31. The second-order valence-electron chi connectivity index (χ2n) is 9.23. The molecule has 0 radical (unpaired) electrons. The molecule has 0 spiro atoms. The topological polar surface area (TPSA) is 33.6 Å². The van der Waals surface area contributed by atoms with E-state index in [1.807, 2.05) is 42.1 Å². The van der Waals surface area contributed by atoms with Crippen LogP contribution < -0.4 is 10.1 Å². The number of rotatable bonds is 8. The fourth-order valence-corrected chi connectivity index (χ4v) is 5.35. The van der Waals surface area contributed by atoms with Gasteiger partial charge in [0.2, 0.25) is 0 Å². The quantitative estimate of drug-likeness (QED) is 0.359. The molecule has 1 heterocycles. The first-order valence-corrected chi connectivity index (χ1v) is 13.0. The SMILES string of the molecule is COc1ccc(NC(=CC2=NC(c3c(C(C)C)cccc3C(C)C)CS2)c2ccccc2)cc1. The lowest BCUT2D eigenvalue weighted by Gasteiger charge is -2.22. The van der Waals surface area contributed by atoms with Crippen molar-refractivity contribution < 1.29 is 4.74 Å². The van der Waals surface area contributed by atoms with Crippen molar-refractivity contribution in [3.63, 3.8) is 0 Å². The monoisotopic (exact) mass is 470 g/mol. The Hall–Kier alpha value is -2.98. The number of methoxy groups -OCH3 is 1. The Balaban J connectivity index is 1.69. The number of nitrogens with zero attached hydrogens (tertiary/aromatic N) is 1. The van der Waals surface area contributed by atoms with E-state index < -0.39 is 0 Å². The van der Waals surface area contributed by atoms with E-state index in [-0.39, 0.29) is 6.04 Å². The molecule has 0 aliphatic carbocycles. The van der Waals surface area contributed by atoms with Gasteiger partial charge in [-0.1, -0.05) is 76.2 Å². The van der Waals surface area contributed by atoms with Gasteiger partial charge in [-0.05, 0) is 64.4 Å². The third-order valence-electron chi connectivity index (χ3n) is 6.14. The van der Waals surface area contributed by atoms with Crippen molar-refractivity contribution in [1.82, 2.24) is 0 Å². The third kappa shape index (κ3) is 5.56. The zero-order chi connectivity index (χ0) is 24.1. The fraction of sp³-hybridized carbons (Fsp3) is 0.300. The van der Waals surface area contributed by atoms with Crippen molar-refractivity contribution in [3.8, 4) is 5.75 Å². The van der Waals surface area contributed by atoms with Crippen LogP contribution in [-0.2, 0) is 0 Å². The van der Waals surface area contributed by atoms with Crippen LogP contribution in [0.3, 0.4) is 0 Å². The van der Waals surface area contributed by atoms with Gasteiger partial charge in [0, 0.05) is 17.1 Å². The molecule has 0 aromatic heterocycles. The van der Waals surface area contributed by atoms with Crippen molar-refractivity contribution in [2.45, 2.75) is 45.6 Å². The zero-order valence-electron chi connectivity index (χ0n) is 20.7. The summed E-state index contributed by atoms with van der Waals surface area (Å²) in [6.45, 7) is 9.12. The number of hydrogen-bond acceptors (Lipinski definition) is 4. The van der Waals surface area contributed by atoms with Crippen LogP contribution in [0.5, 0.6) is 5.75 Å². The van der Waals surface area contributed by atoms with Crippen LogP contribution in [0.2, 0.25) is 0 Å². The lowest BCUT2D eigenvalue weighted by Crippen LogP contribution is -2.08. The average Bonchev–Trinajstić information content (AvgIpc) is 3.32. The predicted octanol–water partition coefficient (Wildman–Crippen LogP) is 8.28. The van der Waals surface area contributed by atoms with E-state index in [1.54, 1.807) is 7.11 Å². The molecule has 0 saturated heterocycles. The highest BCUT2D eigenvalue weighted by Crippen LogP contribution is 2.40. The molecule has 0 bridgehead atoms.